The topological polar surface area (TPSA) is 83.1 Å². The van der Waals surface area contributed by atoms with Crippen molar-refractivity contribution in [2.75, 3.05) is 113 Å². The second-order valence-electron chi connectivity index (χ2n) is 8.89. The Bertz CT molecular complexity index is 406. The van der Waals surface area contributed by atoms with Crippen LogP contribution < -0.4 is 0 Å². The maximum atomic E-state index is 6.06. The lowest BCUT2D eigenvalue weighted by Crippen LogP contribution is -2.41. The molecule has 0 aliphatic carbocycles. The van der Waals surface area contributed by atoms with Crippen LogP contribution in [0.2, 0.25) is 18.1 Å². The summed E-state index contributed by atoms with van der Waals surface area (Å²) in [5, 5.41) is 0.227. The Kier molecular flexibility index (Phi) is 22.2. The average molecular weight is 499 g/mol. The van der Waals surface area contributed by atoms with Gasteiger partial charge in [-0.15, -0.1) is 0 Å². The molecule has 0 unspecified atom stereocenters. The monoisotopic (exact) mass is 498 g/mol. The third-order valence-corrected chi connectivity index (χ3v) is 9.70. The molecule has 0 heterocycles. The van der Waals surface area contributed by atoms with Gasteiger partial charge in [-0.1, -0.05) is 20.8 Å². The van der Waals surface area contributed by atoms with Crippen LogP contribution >= 0.6 is 0 Å². The minimum atomic E-state index is -1.68. The molecule has 0 aliphatic rings. The number of hydrogen-bond acceptors (Lipinski definition) is 9. The third kappa shape index (κ3) is 22.1. The Morgan fingerprint density at radius 1 is 0.424 bits per heavy atom. The number of hydrogen-bond donors (Lipinski definition) is 0. The number of ether oxygens (including phenoxy) is 8. The maximum absolute atomic E-state index is 6.06. The van der Waals surface area contributed by atoms with Crippen LogP contribution in [0.15, 0.2) is 0 Å². The molecule has 10 heteroatoms. The first-order valence-corrected chi connectivity index (χ1v) is 14.9. The Morgan fingerprint density at radius 3 is 0.909 bits per heavy atom. The van der Waals surface area contributed by atoms with E-state index in [1.54, 1.807) is 7.11 Å². The van der Waals surface area contributed by atoms with Gasteiger partial charge in [-0.25, -0.2) is 0 Å². The van der Waals surface area contributed by atoms with Crippen LogP contribution in [0, 0.1) is 0 Å². The molecule has 0 spiro atoms. The Labute approximate surface area is 202 Å². The summed E-state index contributed by atoms with van der Waals surface area (Å²) in [7, 11) is -0.0303. The quantitative estimate of drug-likeness (QED) is 0.139. The van der Waals surface area contributed by atoms with E-state index in [0.717, 1.165) is 0 Å². The SMILES string of the molecule is COCCOCCOCCOCCOCCOCCOCCOCCO[Si](C)(C)C(C)(C)C. The second kappa shape index (κ2) is 22.3. The van der Waals surface area contributed by atoms with E-state index in [9.17, 15) is 0 Å². The van der Waals surface area contributed by atoms with Gasteiger partial charge in [0.05, 0.1) is 106 Å². The van der Waals surface area contributed by atoms with Crippen LogP contribution in [0.5, 0.6) is 0 Å². The van der Waals surface area contributed by atoms with Crippen molar-refractivity contribution in [2.45, 2.75) is 38.9 Å². The highest BCUT2D eigenvalue weighted by atomic mass is 28.4. The zero-order valence-electron chi connectivity index (χ0n) is 22.0. The molecule has 33 heavy (non-hydrogen) atoms. The first-order chi connectivity index (χ1) is 15.8. The first-order valence-electron chi connectivity index (χ1n) is 12.0. The van der Waals surface area contributed by atoms with E-state index in [-0.39, 0.29) is 5.04 Å². The summed E-state index contributed by atoms with van der Waals surface area (Å²) < 4.78 is 49.0. The van der Waals surface area contributed by atoms with E-state index in [1.807, 2.05) is 0 Å². The van der Waals surface area contributed by atoms with Crippen molar-refractivity contribution in [1.82, 2.24) is 0 Å². The van der Waals surface area contributed by atoms with Crippen molar-refractivity contribution >= 4 is 8.32 Å². The van der Waals surface area contributed by atoms with Gasteiger partial charge in [0, 0.05) is 7.11 Å². The Balaban J connectivity index is 3.15. The van der Waals surface area contributed by atoms with Gasteiger partial charge in [0.15, 0.2) is 8.32 Å². The minimum Gasteiger partial charge on any atom is -0.414 e. The molecule has 0 aromatic rings. The van der Waals surface area contributed by atoms with Crippen molar-refractivity contribution in [1.29, 1.82) is 0 Å². The minimum absolute atomic E-state index is 0.227. The highest BCUT2D eigenvalue weighted by Crippen LogP contribution is 2.36. The molecule has 0 fully saturated rings. The average Bonchev–Trinajstić information content (AvgIpc) is 2.76. The fraction of sp³-hybridized carbons (Fsp3) is 1.00. The molecule has 0 atom stereocenters. The molecule has 0 saturated carbocycles. The van der Waals surface area contributed by atoms with Crippen molar-refractivity contribution in [3.63, 3.8) is 0 Å². The van der Waals surface area contributed by atoms with Crippen molar-refractivity contribution in [3.05, 3.63) is 0 Å². The van der Waals surface area contributed by atoms with Crippen LogP contribution in [0.3, 0.4) is 0 Å². The molecular formula is C23H50O9Si. The van der Waals surface area contributed by atoms with E-state index in [4.69, 9.17) is 42.3 Å². The lowest BCUT2D eigenvalue weighted by atomic mass is 10.2. The van der Waals surface area contributed by atoms with Crippen LogP contribution in [-0.2, 0) is 42.3 Å². The zero-order chi connectivity index (χ0) is 24.7. The zero-order valence-corrected chi connectivity index (χ0v) is 23.0. The fourth-order valence-electron chi connectivity index (χ4n) is 2.14. The summed E-state index contributed by atoms with van der Waals surface area (Å²) in [4.78, 5) is 0. The van der Waals surface area contributed by atoms with E-state index < -0.39 is 8.32 Å². The van der Waals surface area contributed by atoms with Gasteiger partial charge in [-0.05, 0) is 18.1 Å². The molecule has 0 rings (SSSR count). The van der Waals surface area contributed by atoms with E-state index >= 15 is 0 Å². The highest BCUT2D eigenvalue weighted by Gasteiger charge is 2.36. The first kappa shape index (κ1) is 32.9. The molecule has 0 aromatic heterocycles. The molecule has 0 N–H and O–H groups in total. The number of rotatable bonds is 25. The van der Waals surface area contributed by atoms with Crippen LogP contribution in [0.1, 0.15) is 20.8 Å². The summed E-state index contributed by atoms with van der Waals surface area (Å²) in [6.07, 6.45) is 0. The van der Waals surface area contributed by atoms with Gasteiger partial charge >= 0.3 is 0 Å². The van der Waals surface area contributed by atoms with Gasteiger partial charge in [-0.2, -0.15) is 0 Å². The van der Waals surface area contributed by atoms with Gasteiger partial charge in [0.2, 0.25) is 0 Å². The molecule has 0 bridgehead atoms. The van der Waals surface area contributed by atoms with Crippen LogP contribution in [0.25, 0.3) is 0 Å². The van der Waals surface area contributed by atoms with Gasteiger partial charge < -0.3 is 42.3 Å². The lowest BCUT2D eigenvalue weighted by molar-refractivity contribution is -0.0228. The molecule has 0 saturated heterocycles. The molecule has 0 radical (unpaired) electrons. The molecule has 0 amide bonds. The predicted molar refractivity (Wildman–Crippen MR) is 131 cm³/mol. The van der Waals surface area contributed by atoms with Crippen LogP contribution in [-0.4, -0.2) is 121 Å². The molecule has 9 nitrogen and oxygen atoms in total. The van der Waals surface area contributed by atoms with Gasteiger partial charge in [0.25, 0.3) is 0 Å². The number of methoxy groups -OCH3 is 1. The highest BCUT2D eigenvalue weighted by molar-refractivity contribution is 6.74. The Hall–Kier alpha value is -0.143. The largest absolute Gasteiger partial charge is 0.414 e. The predicted octanol–water partition coefficient (Wildman–Crippen LogP) is 2.77. The normalized spacial score (nSPS) is 12.5. The van der Waals surface area contributed by atoms with Crippen LogP contribution in [0.4, 0.5) is 0 Å². The summed E-state index contributed by atoms with van der Waals surface area (Å²) in [6.45, 7) is 20.2. The maximum Gasteiger partial charge on any atom is 0.192 e. The Morgan fingerprint density at radius 2 is 0.667 bits per heavy atom. The summed E-state index contributed by atoms with van der Waals surface area (Å²) in [6, 6.07) is 0. The van der Waals surface area contributed by atoms with Crippen molar-refractivity contribution in [3.8, 4) is 0 Å². The van der Waals surface area contributed by atoms with Crippen molar-refractivity contribution < 1.29 is 42.3 Å². The standard InChI is InChI=1S/C23H50O9Si/c1-23(2,3)33(5,6)32-22-21-31-20-19-30-18-17-29-16-15-28-14-13-27-12-11-26-10-9-25-8-7-24-4/h7-22H2,1-6H3. The molecular weight excluding hydrogens is 448 g/mol. The van der Waals surface area contributed by atoms with Crippen molar-refractivity contribution in [2.24, 2.45) is 0 Å². The summed E-state index contributed by atoms with van der Waals surface area (Å²) >= 11 is 0. The molecule has 0 aromatic carbocycles. The summed E-state index contributed by atoms with van der Waals surface area (Å²) in [5.74, 6) is 0. The van der Waals surface area contributed by atoms with Gasteiger partial charge in [0.1, 0.15) is 0 Å². The smallest absolute Gasteiger partial charge is 0.192 e. The summed E-state index contributed by atoms with van der Waals surface area (Å²) in [5.41, 5.74) is 0. The lowest BCUT2D eigenvalue weighted by Gasteiger charge is -2.36. The van der Waals surface area contributed by atoms with E-state index in [2.05, 4.69) is 33.9 Å². The third-order valence-electron chi connectivity index (χ3n) is 5.16. The second-order valence-corrected chi connectivity index (χ2v) is 13.7. The fourth-order valence-corrected chi connectivity index (χ4v) is 3.16. The van der Waals surface area contributed by atoms with E-state index in [1.165, 1.54) is 0 Å². The molecule has 200 valence electrons. The molecule has 0 aliphatic heterocycles. The van der Waals surface area contributed by atoms with Gasteiger partial charge in [-0.3, -0.25) is 0 Å². The van der Waals surface area contributed by atoms with E-state index in [0.29, 0.717) is 106 Å².